The van der Waals surface area contributed by atoms with Crippen LogP contribution in [0.1, 0.15) is 222 Å². The lowest BCUT2D eigenvalue weighted by Crippen LogP contribution is -2.67. The summed E-state index contributed by atoms with van der Waals surface area (Å²) in [5.41, 5.74) is 16.7. The van der Waals surface area contributed by atoms with Crippen LogP contribution in [0, 0.1) is 0 Å². The predicted molar refractivity (Wildman–Crippen MR) is 570 cm³/mol. The Morgan fingerprint density at radius 1 is 0.410 bits per heavy atom. The summed E-state index contributed by atoms with van der Waals surface area (Å²) in [6.07, 6.45) is 25.4. The molecule has 3 amide bonds. The Kier molecular flexibility index (Phi) is 24.9. The second-order valence-electron chi connectivity index (χ2n) is 43.5. The first-order valence-corrected chi connectivity index (χ1v) is 60.4. The van der Waals surface area contributed by atoms with Crippen molar-refractivity contribution in [2.75, 3.05) is 171 Å². The number of anilines is 8. The lowest BCUT2D eigenvalue weighted by atomic mass is 9.78. The fourth-order valence-electron chi connectivity index (χ4n) is 26.0. The molecule has 0 saturated carbocycles. The molecule has 6 N–H and O–H groups in total. The van der Waals surface area contributed by atoms with Gasteiger partial charge in [0.25, 0.3) is 17.7 Å². The number of esters is 3. The molecule has 16 heterocycles. The average Bonchev–Trinajstić information content (AvgIpc) is 1.42. The number of nitrogens with one attached hydrogen (secondary N) is 2. The van der Waals surface area contributed by atoms with Gasteiger partial charge in [-0.2, -0.15) is 0 Å². The van der Waals surface area contributed by atoms with Crippen LogP contribution in [0.5, 0.6) is 0 Å². The highest BCUT2D eigenvalue weighted by Crippen LogP contribution is 2.57. The maximum absolute atomic E-state index is 14.3. The van der Waals surface area contributed by atoms with Gasteiger partial charge < -0.3 is 79.6 Å². The molecule has 1 aliphatic carbocycles. The first kappa shape index (κ1) is 94.9. The molecule has 8 aromatic carbocycles. The van der Waals surface area contributed by atoms with Crippen LogP contribution >= 0.6 is 0 Å². The van der Waals surface area contributed by atoms with Gasteiger partial charge in [0.05, 0.1) is 44.8 Å². The maximum atomic E-state index is 14.3. The van der Waals surface area contributed by atoms with Gasteiger partial charge >= 0.3 is 29.8 Å². The minimum absolute atomic E-state index is 0.0249. The van der Waals surface area contributed by atoms with Crippen molar-refractivity contribution >= 4 is 160 Å². The van der Waals surface area contributed by atoms with E-state index in [0.717, 1.165) is 165 Å². The third kappa shape index (κ3) is 16.0. The molecule has 10 saturated heterocycles. The summed E-state index contributed by atoms with van der Waals surface area (Å²) < 4.78 is 19.6. The summed E-state index contributed by atoms with van der Waals surface area (Å²) >= 11 is 0. The summed E-state index contributed by atoms with van der Waals surface area (Å²) in [5, 5.41) is 54.0. The van der Waals surface area contributed by atoms with E-state index in [1.54, 1.807) is 6.07 Å². The van der Waals surface area contributed by atoms with E-state index in [2.05, 4.69) is 159 Å². The molecule has 17 aliphatic rings. The minimum atomic E-state index is -2.31. The topological polar surface area (TPSA) is 308 Å². The van der Waals surface area contributed by atoms with Crippen molar-refractivity contribution in [1.29, 1.82) is 0 Å². The van der Waals surface area contributed by atoms with Crippen LogP contribution in [0.3, 0.4) is 0 Å². The van der Waals surface area contributed by atoms with Gasteiger partial charge in [0.1, 0.15) is 29.8 Å². The summed E-state index contributed by atoms with van der Waals surface area (Å²) in [4.78, 5) is 129. The van der Waals surface area contributed by atoms with E-state index in [-0.39, 0.29) is 61.6 Å². The van der Waals surface area contributed by atoms with Crippen molar-refractivity contribution in [3.05, 3.63) is 241 Å². The second kappa shape index (κ2) is 37.7. The van der Waals surface area contributed by atoms with Gasteiger partial charge in [-0.15, -0.1) is 0 Å². The quantitative estimate of drug-likeness (QED) is 0.0128. The van der Waals surface area contributed by atoms with Crippen molar-refractivity contribution in [3.63, 3.8) is 0 Å². The summed E-state index contributed by atoms with van der Waals surface area (Å²) in [5.74, 6) is -4.59. The van der Waals surface area contributed by atoms with Crippen LogP contribution in [0.2, 0.25) is 36.3 Å². The lowest BCUT2D eigenvalue weighted by molar-refractivity contribution is -0.137. The highest BCUT2D eigenvalue weighted by molar-refractivity contribution is 7.05. The zero-order chi connectivity index (χ0) is 98.9. The van der Waals surface area contributed by atoms with Crippen LogP contribution in [0.25, 0.3) is 5.57 Å². The highest BCUT2D eigenvalue weighted by atomic mass is 28.3. The molecule has 10 fully saturated rings. The molecule has 746 valence electrons. The van der Waals surface area contributed by atoms with Gasteiger partial charge in [-0.3, -0.25) is 24.3 Å². The number of aliphatic carboxylic acids is 2. The molecule has 0 unspecified atom stereocenters. The number of hydrogen-bond donors (Lipinski definition) is 6. The zero-order valence-corrected chi connectivity index (χ0v) is 85.9. The Morgan fingerprint density at radius 3 is 1.16 bits per heavy atom. The van der Waals surface area contributed by atoms with Crippen molar-refractivity contribution in [2.24, 2.45) is 4.99 Å². The zero-order valence-electron chi connectivity index (χ0n) is 82.9. The number of carboxylic acids is 2. The number of hydrogen-bond acceptors (Lipinski definition) is 22. The van der Waals surface area contributed by atoms with Crippen molar-refractivity contribution in [3.8, 4) is 0 Å². The maximum Gasteiger partial charge on any atom is 0.340 e. The van der Waals surface area contributed by atoms with Crippen LogP contribution < -0.4 is 76.1 Å². The Hall–Kier alpha value is -12.7. The molecule has 5 spiro atoms. The summed E-state index contributed by atoms with van der Waals surface area (Å²) in [7, 11) is -6.74. The van der Waals surface area contributed by atoms with Crippen molar-refractivity contribution in [1.82, 2.24) is 10.2 Å². The van der Waals surface area contributed by atoms with Gasteiger partial charge in [-0.25, -0.2) is 24.0 Å². The molecule has 0 atom stereocenters. The number of imide groups is 1. The van der Waals surface area contributed by atoms with E-state index in [0.29, 0.717) is 58.5 Å². The molecule has 8 aromatic rings. The third-order valence-corrected chi connectivity index (χ3v) is 50.2. The summed E-state index contributed by atoms with van der Waals surface area (Å²) in [6.45, 7) is 20.7. The fourth-order valence-corrected chi connectivity index (χ4v) is 43.1. The van der Waals surface area contributed by atoms with Gasteiger partial charge in [-0.05, 0) is 277 Å². The Morgan fingerprint density at radius 2 is 0.785 bits per heavy atom. The van der Waals surface area contributed by atoms with Crippen molar-refractivity contribution in [2.45, 2.75) is 189 Å². The number of aliphatic imine (C=N–C) groups is 1. The normalized spacial score (nSPS) is 21.0. The number of rotatable bonds is 21. The minimum Gasteiger partial charge on any atom is -0.478 e. The first-order chi connectivity index (χ1) is 69.9. The molecule has 25 rings (SSSR count). The van der Waals surface area contributed by atoms with E-state index < -0.39 is 76.7 Å². The van der Waals surface area contributed by atoms with Crippen LogP contribution in [0.15, 0.2) is 179 Å². The van der Waals surface area contributed by atoms with E-state index in [4.69, 9.17) is 14.2 Å². The van der Waals surface area contributed by atoms with Crippen LogP contribution in [-0.4, -0.2) is 239 Å². The number of carbonyl (C=O) groups excluding carboxylic acids is 6. The fraction of sp³-hybridized carbons (Fsp3) is 0.435. The smallest absolute Gasteiger partial charge is 0.340 e. The molecule has 16 aliphatic heterocycles. The molecule has 0 aromatic heterocycles. The first-order valence-electron chi connectivity index (χ1n) is 53.1. The second-order valence-corrected chi connectivity index (χ2v) is 56.2. The Bertz CT molecular complexity index is 6580. The molecule has 0 bridgehead atoms. The van der Waals surface area contributed by atoms with Crippen molar-refractivity contribution < 1.29 is 73.0 Å². The standard InChI is InChI=1S/C41H45N5O6Si.C39H45N3O4Si.C35H39N3O5Si/c47-20-4-13-42-34-26-29-33(25-30(34)39(50)43-14-19-46-37(48)11-12-38(46)49)41(52-40(29)51)31-9-7-27(44-15-5-16-44)23-35(31)53(21-2-1-3-22-53)36-24-28(8-10-32(36)41)45-17-6-18-45;1-38(2,3)45-37(44)29-24-32-28(25-33(29)42-18-9-19-42)36(43)46-39(32)30-12-10-26(40-14-7-15-40)22-34(30)47(20-5-4-6-21-47)35-23-27(11-13-31(35)39)41-16-8-17-41;39-16-4-11-36-30-22-28(34(40)41)27(21-29(30)35(42)43)33-25-9-7-23(37-12-5-13-37)19-31(25)44(17-2-1-3-18-44)32-20-24(8-10-26(32)33)38-14-6-15-38/h7-12,23-26,42,47H,1-6,13-22H2,(H,43,50);10-13,22-25H,4-9,14-21H2,1-3H3;7-10,19-22,39H,1-6,11-18H2,(H,40,41)(H,42,43). The molecule has 26 nitrogen and oxygen atoms in total. The van der Waals surface area contributed by atoms with Gasteiger partial charge in [0.15, 0.2) is 11.2 Å². The molecule has 144 heavy (non-hydrogen) atoms. The van der Waals surface area contributed by atoms with Crippen LogP contribution in [0.4, 0.5) is 45.5 Å². The molecular weight excluding hydrogens is 1860 g/mol. The number of aliphatic hydroxyl groups excluding tert-OH is 2. The average molecular weight is 1990 g/mol. The van der Waals surface area contributed by atoms with E-state index in [1.807, 2.05) is 39.0 Å². The predicted octanol–water partition coefficient (Wildman–Crippen LogP) is 12.7. The largest absolute Gasteiger partial charge is 0.478 e. The molecule has 29 heteroatoms. The Balaban J connectivity index is 0.000000120. The number of amides is 3. The third-order valence-electron chi connectivity index (χ3n) is 34.3. The van der Waals surface area contributed by atoms with E-state index in [1.165, 1.54) is 210 Å². The summed E-state index contributed by atoms with van der Waals surface area (Å²) in [6, 6.07) is 55.6. The lowest BCUT2D eigenvalue weighted by Gasteiger charge is -2.49. The SMILES string of the molecule is CC(C)(C)OC(=O)c1cc2c(cc1N1CCC1)C(=O)OC21c2ccc(N3CCC3)cc2[Si]2(CCCCC2)c2cc(N3CCC3)ccc21.O=C(NCCN1C(=O)C=CC1=O)c1cc2c(cc1NCCCO)C(=O)OC21c2ccc(N3CCC3)cc2[Si]2(CCCCC2)c2cc(N3CCC3)ccc21.O=C(O)C1=CC(=C2c3ccc(N4CCC4)cc3[Si]3(CCCCC3)c3cc(N4CCC4)ccc32)C(C(=O)O)=CC1=NCCCO. The number of carboxylic acid groups (broad SMARTS) is 2. The number of carbonyl (C=O) groups is 8. The molecular formula is C115H129N11O15Si3. The van der Waals surface area contributed by atoms with Gasteiger partial charge in [-0.1, -0.05) is 94.2 Å². The highest BCUT2D eigenvalue weighted by Gasteiger charge is 2.62. The van der Waals surface area contributed by atoms with Gasteiger partial charge in [0, 0.05) is 216 Å². The van der Waals surface area contributed by atoms with Gasteiger partial charge in [0.2, 0.25) is 0 Å². The van der Waals surface area contributed by atoms with Crippen LogP contribution in [-0.2, 0) is 44.6 Å². The number of fused-ring (bicyclic) bond motifs is 20. The number of nitrogens with zero attached hydrogens (tertiary/aromatic N) is 9. The van der Waals surface area contributed by atoms with E-state index in [9.17, 15) is 58.8 Å². The number of allylic oxidation sites excluding steroid dienone is 2. The Labute approximate surface area is 843 Å². The molecule has 0 radical (unpaired) electrons. The number of aliphatic hydroxyl groups is 2. The van der Waals surface area contributed by atoms with E-state index >= 15 is 0 Å². The monoisotopic (exact) mass is 1990 g/mol. The number of benzene rings is 8. The number of ether oxygens (including phenoxy) is 3.